The van der Waals surface area contributed by atoms with E-state index in [-0.39, 0.29) is 18.5 Å². The summed E-state index contributed by atoms with van der Waals surface area (Å²) >= 11 is 0. The highest BCUT2D eigenvalue weighted by atomic mass is 16.4. The number of carboxylic acids is 1. The van der Waals surface area contributed by atoms with Gasteiger partial charge in [0, 0.05) is 24.2 Å². The molecule has 0 aliphatic carbocycles. The maximum atomic E-state index is 12.9. The number of carbonyl (C=O) groups excluding carboxylic acids is 1. The van der Waals surface area contributed by atoms with Crippen molar-refractivity contribution in [3.8, 4) is 0 Å². The largest absolute Gasteiger partial charge is 0.480 e. The zero-order valence-electron chi connectivity index (χ0n) is 15.4. The first-order valence-electron chi connectivity index (χ1n) is 8.84. The van der Waals surface area contributed by atoms with Crippen molar-refractivity contribution in [2.75, 3.05) is 13.1 Å². The second kappa shape index (κ2) is 7.99. The molecule has 0 saturated heterocycles. The van der Waals surface area contributed by atoms with Crippen LogP contribution in [0.4, 0.5) is 0 Å². The van der Waals surface area contributed by atoms with Crippen molar-refractivity contribution in [1.82, 2.24) is 19.7 Å². The van der Waals surface area contributed by atoms with E-state index in [4.69, 9.17) is 0 Å². The number of amides is 1. The van der Waals surface area contributed by atoms with E-state index in [0.29, 0.717) is 24.2 Å². The molecule has 1 N–H and O–H groups in total. The molecule has 2 heterocycles. The van der Waals surface area contributed by atoms with Gasteiger partial charge in [0.15, 0.2) is 5.65 Å². The van der Waals surface area contributed by atoms with Gasteiger partial charge in [-0.1, -0.05) is 30.3 Å². The summed E-state index contributed by atoms with van der Waals surface area (Å²) in [7, 11) is 0. The summed E-state index contributed by atoms with van der Waals surface area (Å²) in [6, 6.07) is 11.5. The smallest absolute Gasteiger partial charge is 0.323 e. The molecule has 3 aromatic rings. The first-order valence-corrected chi connectivity index (χ1v) is 8.84. The molecule has 1 amide bonds. The van der Waals surface area contributed by atoms with Crippen LogP contribution in [0.5, 0.6) is 0 Å². The molecule has 140 valence electrons. The summed E-state index contributed by atoms with van der Waals surface area (Å²) < 4.78 is 1.79. The average molecular weight is 366 g/mol. The molecule has 0 unspecified atom stereocenters. The molecule has 7 heteroatoms. The number of benzene rings is 1. The number of nitrogens with zero attached hydrogens (tertiary/aromatic N) is 4. The Hall–Kier alpha value is -3.22. The minimum atomic E-state index is -1.04. The molecule has 1 aromatic carbocycles. The number of carbonyl (C=O) groups is 2. The van der Waals surface area contributed by atoms with Crippen molar-refractivity contribution in [3.63, 3.8) is 0 Å². The number of aromatic nitrogens is 3. The van der Waals surface area contributed by atoms with Gasteiger partial charge in [0.1, 0.15) is 6.54 Å². The van der Waals surface area contributed by atoms with Gasteiger partial charge in [-0.15, -0.1) is 0 Å². The zero-order valence-corrected chi connectivity index (χ0v) is 15.4. The normalized spacial score (nSPS) is 11.1. The van der Waals surface area contributed by atoms with E-state index < -0.39 is 5.97 Å². The van der Waals surface area contributed by atoms with E-state index in [9.17, 15) is 14.7 Å². The number of carboxylic acid groups (broad SMARTS) is 1. The molecular weight excluding hydrogens is 344 g/mol. The Morgan fingerprint density at radius 1 is 1.19 bits per heavy atom. The van der Waals surface area contributed by atoms with Gasteiger partial charge in [0.25, 0.3) is 5.91 Å². The first kappa shape index (κ1) is 18.6. The predicted molar refractivity (Wildman–Crippen MR) is 102 cm³/mol. The van der Waals surface area contributed by atoms with Gasteiger partial charge in [0.2, 0.25) is 0 Å². The fourth-order valence-electron chi connectivity index (χ4n) is 2.94. The first-order chi connectivity index (χ1) is 13.0. The van der Waals surface area contributed by atoms with Gasteiger partial charge in [-0.3, -0.25) is 9.59 Å². The second-order valence-corrected chi connectivity index (χ2v) is 6.68. The number of hydrogen-bond donors (Lipinski definition) is 1. The van der Waals surface area contributed by atoms with Crippen LogP contribution in [0.25, 0.3) is 11.0 Å². The maximum absolute atomic E-state index is 12.9. The minimum Gasteiger partial charge on any atom is -0.480 e. The fraction of sp³-hybridized carbons (Fsp3) is 0.300. The van der Waals surface area contributed by atoms with Crippen LogP contribution in [0.15, 0.2) is 48.8 Å². The quantitative estimate of drug-likeness (QED) is 0.695. The number of aliphatic carboxylic acids is 1. The van der Waals surface area contributed by atoms with Crippen molar-refractivity contribution in [2.24, 2.45) is 0 Å². The summed E-state index contributed by atoms with van der Waals surface area (Å²) in [5.41, 5.74) is 2.11. The van der Waals surface area contributed by atoms with Crippen LogP contribution in [-0.4, -0.2) is 49.7 Å². The Balaban J connectivity index is 1.82. The highest BCUT2D eigenvalue weighted by molar-refractivity contribution is 5.98. The number of pyridine rings is 1. The molecule has 0 saturated carbocycles. The fourth-order valence-corrected chi connectivity index (χ4v) is 2.94. The highest BCUT2D eigenvalue weighted by Gasteiger charge is 2.20. The lowest BCUT2D eigenvalue weighted by Crippen LogP contribution is -2.37. The molecule has 0 atom stereocenters. The molecule has 0 aliphatic heterocycles. The third-order valence-corrected chi connectivity index (χ3v) is 4.30. The second-order valence-electron chi connectivity index (χ2n) is 6.68. The molecular formula is C20H22N4O3. The Labute approximate surface area is 157 Å². The van der Waals surface area contributed by atoms with Crippen LogP contribution in [0.1, 0.15) is 35.8 Å². The minimum absolute atomic E-state index is 0.158. The third-order valence-electron chi connectivity index (χ3n) is 4.30. The molecule has 7 nitrogen and oxygen atoms in total. The van der Waals surface area contributed by atoms with E-state index in [1.807, 2.05) is 44.2 Å². The lowest BCUT2D eigenvalue weighted by molar-refractivity contribution is -0.137. The van der Waals surface area contributed by atoms with Crippen LogP contribution < -0.4 is 0 Å². The summed E-state index contributed by atoms with van der Waals surface area (Å²) in [6.45, 7) is 3.98. The summed E-state index contributed by atoms with van der Waals surface area (Å²) in [6.07, 6.45) is 3.74. The van der Waals surface area contributed by atoms with Crippen molar-refractivity contribution in [2.45, 2.75) is 26.3 Å². The van der Waals surface area contributed by atoms with E-state index >= 15 is 0 Å². The molecule has 0 radical (unpaired) electrons. The summed E-state index contributed by atoms with van der Waals surface area (Å²) in [4.78, 5) is 29.8. The SMILES string of the molecule is CC(C)n1ncc2cc(C(=O)N(CCc3ccccc3)CC(=O)O)cnc21. The average Bonchev–Trinajstić information content (AvgIpc) is 3.08. The van der Waals surface area contributed by atoms with Crippen LogP contribution in [0.2, 0.25) is 0 Å². The number of hydrogen-bond acceptors (Lipinski definition) is 4. The van der Waals surface area contributed by atoms with Crippen molar-refractivity contribution < 1.29 is 14.7 Å². The van der Waals surface area contributed by atoms with Gasteiger partial charge >= 0.3 is 5.97 Å². The topological polar surface area (TPSA) is 88.3 Å². The van der Waals surface area contributed by atoms with Gasteiger partial charge in [-0.2, -0.15) is 5.10 Å². The van der Waals surface area contributed by atoms with E-state index in [0.717, 1.165) is 10.9 Å². The monoisotopic (exact) mass is 366 g/mol. The zero-order chi connectivity index (χ0) is 19.4. The highest BCUT2D eigenvalue weighted by Crippen LogP contribution is 2.18. The molecule has 2 aromatic heterocycles. The van der Waals surface area contributed by atoms with Crippen molar-refractivity contribution >= 4 is 22.9 Å². The molecule has 0 aliphatic rings. The van der Waals surface area contributed by atoms with Gasteiger partial charge in [-0.05, 0) is 31.9 Å². The Bertz CT molecular complexity index is 950. The molecule has 0 bridgehead atoms. The van der Waals surface area contributed by atoms with Crippen LogP contribution in [0, 0.1) is 0 Å². The van der Waals surface area contributed by atoms with Crippen LogP contribution in [-0.2, 0) is 11.2 Å². The van der Waals surface area contributed by atoms with Gasteiger partial charge in [0.05, 0.1) is 11.8 Å². The van der Waals surface area contributed by atoms with Gasteiger partial charge in [-0.25, -0.2) is 9.67 Å². The molecule has 0 spiro atoms. The van der Waals surface area contributed by atoms with Crippen molar-refractivity contribution in [1.29, 1.82) is 0 Å². The predicted octanol–water partition coefficient (Wildman–Crippen LogP) is 2.78. The van der Waals surface area contributed by atoms with E-state index in [2.05, 4.69) is 10.1 Å². The standard InChI is InChI=1S/C20H22N4O3/c1-14(2)24-19-16(12-22-24)10-17(11-21-19)20(27)23(13-18(25)26)9-8-15-6-4-3-5-7-15/h3-7,10-12,14H,8-9,13H2,1-2H3,(H,25,26). The lowest BCUT2D eigenvalue weighted by atomic mass is 10.1. The Morgan fingerprint density at radius 3 is 2.59 bits per heavy atom. The molecule has 27 heavy (non-hydrogen) atoms. The maximum Gasteiger partial charge on any atom is 0.323 e. The number of rotatable bonds is 7. The summed E-state index contributed by atoms with van der Waals surface area (Å²) in [5, 5.41) is 14.2. The number of fused-ring (bicyclic) bond motifs is 1. The molecule has 0 fully saturated rings. The molecule has 3 rings (SSSR count). The lowest BCUT2D eigenvalue weighted by Gasteiger charge is -2.21. The summed E-state index contributed by atoms with van der Waals surface area (Å²) in [5.74, 6) is -1.39. The van der Waals surface area contributed by atoms with Crippen LogP contribution in [0.3, 0.4) is 0 Å². The van der Waals surface area contributed by atoms with E-state index in [1.165, 1.54) is 11.1 Å². The third kappa shape index (κ3) is 4.31. The van der Waals surface area contributed by atoms with E-state index in [1.54, 1.807) is 16.9 Å². The Kier molecular flexibility index (Phi) is 5.49. The van der Waals surface area contributed by atoms with Crippen LogP contribution >= 0.6 is 0 Å². The Morgan fingerprint density at radius 2 is 1.93 bits per heavy atom. The van der Waals surface area contributed by atoms with Crippen molar-refractivity contribution in [3.05, 3.63) is 59.9 Å². The van der Waals surface area contributed by atoms with Gasteiger partial charge < -0.3 is 10.0 Å².